The zero-order valence-electron chi connectivity index (χ0n) is 13.9. The molecule has 25 heavy (non-hydrogen) atoms. The molecule has 0 radical (unpaired) electrons. The summed E-state index contributed by atoms with van der Waals surface area (Å²) in [6.07, 6.45) is 3.88. The molecule has 2 aliphatic heterocycles. The lowest BCUT2D eigenvalue weighted by Crippen LogP contribution is -2.35. The molecule has 1 aromatic rings. The molecular formula is C17H21N5O2S. The molecule has 1 aromatic carbocycles. The van der Waals surface area contributed by atoms with Gasteiger partial charge in [-0.3, -0.25) is 0 Å². The van der Waals surface area contributed by atoms with E-state index in [1.54, 1.807) is 30.5 Å². The average Bonchev–Trinajstić information content (AvgIpc) is 3.16. The molecule has 8 heteroatoms. The van der Waals surface area contributed by atoms with Crippen molar-refractivity contribution in [3.8, 4) is 6.07 Å². The summed E-state index contributed by atoms with van der Waals surface area (Å²) in [5.74, 6) is 0.495. The van der Waals surface area contributed by atoms with Crippen LogP contribution < -0.4 is 5.73 Å². The predicted molar refractivity (Wildman–Crippen MR) is 95.8 cm³/mol. The number of nitrogens with zero attached hydrogens (tertiary/aromatic N) is 4. The van der Waals surface area contributed by atoms with E-state index in [4.69, 9.17) is 11.0 Å². The molecule has 2 aliphatic rings. The Bertz CT molecular complexity index is 831. The van der Waals surface area contributed by atoms with Gasteiger partial charge < -0.3 is 10.6 Å². The summed E-state index contributed by atoms with van der Waals surface area (Å²) in [7, 11) is -3.41. The van der Waals surface area contributed by atoms with Gasteiger partial charge in [0.05, 0.1) is 35.8 Å². The highest BCUT2D eigenvalue weighted by Gasteiger charge is 2.27. The Labute approximate surface area is 148 Å². The number of nitrogens with two attached hydrogens (primary N) is 1. The number of sulfonamides is 1. The van der Waals surface area contributed by atoms with Crippen LogP contribution in [-0.2, 0) is 10.0 Å². The summed E-state index contributed by atoms with van der Waals surface area (Å²) in [5, 5.41) is 8.82. The molecule has 1 saturated heterocycles. The fourth-order valence-corrected chi connectivity index (χ4v) is 4.58. The third kappa shape index (κ3) is 3.67. The van der Waals surface area contributed by atoms with Gasteiger partial charge in [-0.05, 0) is 30.5 Å². The van der Waals surface area contributed by atoms with E-state index in [9.17, 15) is 8.42 Å². The lowest BCUT2D eigenvalue weighted by atomic mass is 10.1. The van der Waals surface area contributed by atoms with Gasteiger partial charge in [0.15, 0.2) is 0 Å². The van der Waals surface area contributed by atoms with Gasteiger partial charge in [0.2, 0.25) is 10.0 Å². The van der Waals surface area contributed by atoms with Crippen molar-refractivity contribution in [2.24, 2.45) is 10.7 Å². The number of hydrogen-bond donors (Lipinski definition) is 1. The molecular weight excluding hydrogens is 338 g/mol. The van der Waals surface area contributed by atoms with E-state index >= 15 is 0 Å². The summed E-state index contributed by atoms with van der Waals surface area (Å²) >= 11 is 0. The minimum absolute atomic E-state index is 0.307. The lowest BCUT2D eigenvalue weighted by Gasteiger charge is -2.28. The molecule has 2 heterocycles. The summed E-state index contributed by atoms with van der Waals surface area (Å²) in [6, 6.07) is 8.96. The van der Waals surface area contributed by atoms with Crippen LogP contribution in [0.3, 0.4) is 0 Å². The SMILES string of the molecule is N#CCCN1CC(N)=NC=C1c1ccc(S(=O)(=O)N2CCCC2)cc1. The Kier molecular flexibility index (Phi) is 5.06. The van der Waals surface area contributed by atoms with E-state index in [0.29, 0.717) is 43.3 Å². The maximum Gasteiger partial charge on any atom is 0.243 e. The Morgan fingerprint density at radius 3 is 2.52 bits per heavy atom. The van der Waals surface area contributed by atoms with Gasteiger partial charge in [0, 0.05) is 19.6 Å². The summed E-state index contributed by atoms with van der Waals surface area (Å²) in [4.78, 5) is 6.45. The monoisotopic (exact) mass is 359 g/mol. The Morgan fingerprint density at radius 2 is 1.88 bits per heavy atom. The fourth-order valence-electron chi connectivity index (χ4n) is 3.06. The zero-order valence-corrected chi connectivity index (χ0v) is 14.7. The minimum Gasteiger partial charge on any atom is -0.386 e. The van der Waals surface area contributed by atoms with Crippen molar-refractivity contribution in [2.75, 3.05) is 26.2 Å². The van der Waals surface area contributed by atoms with Crippen LogP contribution in [0.5, 0.6) is 0 Å². The molecule has 2 N–H and O–H groups in total. The van der Waals surface area contributed by atoms with E-state index < -0.39 is 10.0 Å². The first-order valence-electron chi connectivity index (χ1n) is 8.27. The molecule has 0 bridgehead atoms. The maximum atomic E-state index is 12.6. The standard InChI is InChI=1S/C17H21N5O2S/c18-8-3-9-21-13-17(19)20-12-16(21)14-4-6-15(7-5-14)25(23,24)22-10-1-2-11-22/h4-7,12H,1-3,9-11,13H2,(H2,19,20). The normalized spacial score (nSPS) is 18.6. The first kappa shape index (κ1) is 17.5. The molecule has 0 aliphatic carbocycles. The van der Waals surface area contributed by atoms with Crippen molar-refractivity contribution in [1.29, 1.82) is 5.26 Å². The minimum atomic E-state index is -3.41. The highest BCUT2D eigenvalue weighted by Crippen LogP contribution is 2.26. The molecule has 0 unspecified atom stereocenters. The molecule has 0 atom stereocenters. The number of hydrogen-bond acceptors (Lipinski definition) is 6. The van der Waals surface area contributed by atoms with Crippen molar-refractivity contribution in [3.05, 3.63) is 36.0 Å². The lowest BCUT2D eigenvalue weighted by molar-refractivity contribution is 0.453. The first-order chi connectivity index (χ1) is 12.0. The van der Waals surface area contributed by atoms with Crippen LogP contribution in [0.15, 0.2) is 40.4 Å². The molecule has 1 fully saturated rings. The van der Waals surface area contributed by atoms with Gasteiger partial charge in [-0.25, -0.2) is 13.4 Å². The second-order valence-corrected chi connectivity index (χ2v) is 8.04. The van der Waals surface area contributed by atoms with Gasteiger partial charge in [-0.2, -0.15) is 9.57 Å². The topological polar surface area (TPSA) is 103 Å². The maximum absolute atomic E-state index is 12.6. The second-order valence-electron chi connectivity index (χ2n) is 6.10. The smallest absolute Gasteiger partial charge is 0.243 e. The summed E-state index contributed by atoms with van der Waals surface area (Å²) in [6.45, 7) is 2.18. The number of nitriles is 1. The molecule has 0 spiro atoms. The highest BCUT2D eigenvalue weighted by atomic mass is 32.2. The third-order valence-electron chi connectivity index (χ3n) is 4.39. The molecule has 7 nitrogen and oxygen atoms in total. The molecule has 0 saturated carbocycles. The van der Waals surface area contributed by atoms with Gasteiger partial charge in [0.25, 0.3) is 0 Å². The molecule has 0 amide bonds. The van der Waals surface area contributed by atoms with Gasteiger partial charge in [0.1, 0.15) is 5.84 Å². The van der Waals surface area contributed by atoms with Crippen molar-refractivity contribution >= 4 is 21.6 Å². The van der Waals surface area contributed by atoms with Crippen molar-refractivity contribution in [1.82, 2.24) is 9.21 Å². The molecule has 0 aromatic heterocycles. The third-order valence-corrected chi connectivity index (χ3v) is 6.31. The molecule has 132 valence electrons. The first-order valence-corrected chi connectivity index (χ1v) is 9.71. The van der Waals surface area contributed by atoms with Crippen molar-refractivity contribution in [3.63, 3.8) is 0 Å². The van der Waals surface area contributed by atoms with Gasteiger partial charge in [-0.15, -0.1) is 0 Å². The number of aliphatic imine (C=N–C) groups is 1. The van der Waals surface area contributed by atoms with Gasteiger partial charge >= 0.3 is 0 Å². The molecule has 3 rings (SSSR count). The quantitative estimate of drug-likeness (QED) is 0.855. The zero-order chi connectivity index (χ0) is 17.9. The van der Waals surface area contributed by atoms with E-state index in [1.807, 2.05) is 4.90 Å². The van der Waals surface area contributed by atoms with E-state index in [0.717, 1.165) is 24.1 Å². The number of amidine groups is 1. The average molecular weight is 359 g/mol. The van der Waals surface area contributed by atoms with Crippen LogP contribution in [0.1, 0.15) is 24.8 Å². The Balaban J connectivity index is 1.85. The van der Waals surface area contributed by atoms with Crippen LogP contribution in [0, 0.1) is 11.3 Å². The van der Waals surface area contributed by atoms with Gasteiger partial charge in [-0.1, -0.05) is 12.1 Å². The summed E-state index contributed by atoms with van der Waals surface area (Å²) in [5.41, 5.74) is 7.48. The van der Waals surface area contributed by atoms with Crippen LogP contribution in [0.4, 0.5) is 0 Å². The number of rotatable bonds is 5. The largest absolute Gasteiger partial charge is 0.386 e. The Morgan fingerprint density at radius 1 is 1.20 bits per heavy atom. The van der Waals surface area contributed by atoms with Crippen LogP contribution in [0.25, 0.3) is 5.70 Å². The Hall–Kier alpha value is -2.37. The van der Waals surface area contributed by atoms with Crippen LogP contribution in [0.2, 0.25) is 0 Å². The van der Waals surface area contributed by atoms with E-state index in [2.05, 4.69) is 11.1 Å². The van der Waals surface area contributed by atoms with E-state index in [1.165, 1.54) is 4.31 Å². The fraction of sp³-hybridized carbons (Fsp3) is 0.412. The van der Waals surface area contributed by atoms with E-state index in [-0.39, 0.29) is 0 Å². The van der Waals surface area contributed by atoms with Crippen molar-refractivity contribution < 1.29 is 8.42 Å². The van der Waals surface area contributed by atoms with Crippen LogP contribution in [-0.4, -0.2) is 49.6 Å². The predicted octanol–water partition coefficient (Wildman–Crippen LogP) is 1.36. The number of benzene rings is 1. The second kappa shape index (κ2) is 7.25. The highest BCUT2D eigenvalue weighted by molar-refractivity contribution is 7.89. The van der Waals surface area contributed by atoms with Crippen molar-refractivity contribution in [2.45, 2.75) is 24.2 Å². The summed E-state index contributed by atoms with van der Waals surface area (Å²) < 4.78 is 26.7. The van der Waals surface area contributed by atoms with Crippen LogP contribution >= 0.6 is 0 Å².